The fourth-order valence-corrected chi connectivity index (χ4v) is 4.37. The van der Waals surface area contributed by atoms with E-state index in [1.54, 1.807) is 9.80 Å². The molecule has 4 rings (SSSR count). The van der Waals surface area contributed by atoms with Gasteiger partial charge in [0, 0.05) is 29.6 Å². The Labute approximate surface area is 148 Å². The third-order valence-corrected chi connectivity index (χ3v) is 5.66. The van der Waals surface area contributed by atoms with E-state index >= 15 is 0 Å². The third kappa shape index (κ3) is 2.53. The number of fused-ring (bicyclic) bond motifs is 4. The van der Waals surface area contributed by atoms with Crippen LogP contribution in [0.4, 0.5) is 0 Å². The Kier molecular flexibility index (Phi) is 4.02. The average Bonchev–Trinajstić information content (AvgIpc) is 2.98. The highest BCUT2D eigenvalue weighted by Crippen LogP contribution is 2.38. The lowest BCUT2D eigenvalue weighted by Crippen LogP contribution is -2.62. The van der Waals surface area contributed by atoms with E-state index < -0.39 is 0 Å². The summed E-state index contributed by atoms with van der Waals surface area (Å²) in [6.45, 7) is 5.08. The van der Waals surface area contributed by atoms with Crippen LogP contribution in [0.15, 0.2) is 24.3 Å². The minimum atomic E-state index is -0.357. The molecule has 1 aromatic carbocycles. The molecule has 1 aromatic heterocycles. The zero-order valence-electron chi connectivity index (χ0n) is 14.9. The van der Waals surface area contributed by atoms with Crippen LogP contribution >= 0.6 is 0 Å². The zero-order chi connectivity index (χ0) is 17.6. The number of hydrogen-bond acceptors (Lipinski definition) is 2. The van der Waals surface area contributed by atoms with E-state index in [0.717, 1.165) is 30.5 Å². The Bertz CT molecular complexity index is 825. The van der Waals surface area contributed by atoms with Crippen LogP contribution in [0.5, 0.6) is 0 Å². The van der Waals surface area contributed by atoms with Crippen molar-refractivity contribution in [1.82, 2.24) is 14.8 Å². The fourth-order valence-electron chi connectivity index (χ4n) is 4.37. The highest BCUT2D eigenvalue weighted by Gasteiger charge is 2.45. The Hall–Kier alpha value is -2.30. The lowest BCUT2D eigenvalue weighted by Gasteiger charge is -2.46. The van der Waals surface area contributed by atoms with Crippen molar-refractivity contribution in [1.29, 1.82) is 0 Å². The zero-order valence-corrected chi connectivity index (χ0v) is 14.9. The molecule has 1 saturated heterocycles. The first kappa shape index (κ1) is 16.2. The number of carbonyl (C=O) groups is 2. The van der Waals surface area contributed by atoms with Crippen LogP contribution in [0.2, 0.25) is 0 Å². The molecular formula is C20H25N3O2. The second kappa shape index (κ2) is 6.21. The molecule has 0 unspecified atom stereocenters. The maximum absolute atomic E-state index is 13.0. The number of piperazine rings is 1. The Morgan fingerprint density at radius 2 is 2.00 bits per heavy atom. The highest BCUT2D eigenvalue weighted by molar-refractivity contribution is 5.97. The first-order valence-electron chi connectivity index (χ1n) is 9.31. The number of unbranched alkanes of at least 4 members (excludes halogenated alkanes) is 2. The molecule has 5 nitrogen and oxygen atoms in total. The van der Waals surface area contributed by atoms with Gasteiger partial charge in [-0.2, -0.15) is 0 Å². The van der Waals surface area contributed by atoms with E-state index in [1.165, 1.54) is 10.9 Å². The van der Waals surface area contributed by atoms with Crippen molar-refractivity contribution in [2.45, 2.75) is 51.6 Å². The first-order chi connectivity index (χ1) is 12.1. The van der Waals surface area contributed by atoms with E-state index in [9.17, 15) is 9.59 Å². The maximum Gasteiger partial charge on any atom is 0.246 e. The predicted molar refractivity (Wildman–Crippen MR) is 97.2 cm³/mol. The summed E-state index contributed by atoms with van der Waals surface area (Å²) in [6, 6.07) is 7.74. The van der Waals surface area contributed by atoms with E-state index in [4.69, 9.17) is 0 Å². The summed E-state index contributed by atoms with van der Waals surface area (Å²) < 4.78 is 0. The molecule has 132 valence electrons. The normalized spacial score (nSPS) is 23.1. The van der Waals surface area contributed by atoms with Gasteiger partial charge in [-0.1, -0.05) is 38.0 Å². The molecule has 2 amide bonds. The second-order valence-corrected chi connectivity index (χ2v) is 7.23. The maximum atomic E-state index is 13.0. The van der Waals surface area contributed by atoms with Gasteiger partial charge in [0.2, 0.25) is 11.8 Å². The Morgan fingerprint density at radius 1 is 1.20 bits per heavy atom. The number of benzene rings is 1. The van der Waals surface area contributed by atoms with Crippen molar-refractivity contribution in [2.24, 2.45) is 0 Å². The number of hydrogen-bond donors (Lipinski definition) is 1. The summed E-state index contributed by atoms with van der Waals surface area (Å²) in [7, 11) is 0. The van der Waals surface area contributed by atoms with Crippen molar-refractivity contribution in [3.8, 4) is 0 Å². The second-order valence-electron chi connectivity index (χ2n) is 7.23. The number of H-pyrrole nitrogens is 1. The number of para-hydroxylation sites is 1. The first-order valence-corrected chi connectivity index (χ1v) is 9.31. The summed E-state index contributed by atoms with van der Waals surface area (Å²) >= 11 is 0. The Morgan fingerprint density at radius 3 is 2.80 bits per heavy atom. The molecule has 0 spiro atoms. The molecule has 5 heteroatoms. The molecule has 0 radical (unpaired) electrons. The molecule has 2 aromatic rings. The molecule has 0 bridgehead atoms. The minimum Gasteiger partial charge on any atom is -0.356 e. The van der Waals surface area contributed by atoms with Crippen LogP contribution < -0.4 is 0 Å². The summed E-state index contributed by atoms with van der Waals surface area (Å²) in [5, 5.41) is 1.17. The molecule has 1 fully saturated rings. The quantitative estimate of drug-likeness (QED) is 0.871. The molecular weight excluding hydrogens is 314 g/mol. The topological polar surface area (TPSA) is 56.4 Å². The van der Waals surface area contributed by atoms with Gasteiger partial charge in [-0.25, -0.2) is 0 Å². The van der Waals surface area contributed by atoms with Crippen molar-refractivity contribution >= 4 is 22.7 Å². The summed E-state index contributed by atoms with van der Waals surface area (Å²) in [5.74, 6) is 0.177. The summed E-state index contributed by atoms with van der Waals surface area (Å²) in [5.41, 5.74) is 3.36. The van der Waals surface area contributed by atoms with Gasteiger partial charge >= 0.3 is 0 Å². The largest absolute Gasteiger partial charge is 0.356 e. The van der Waals surface area contributed by atoms with Gasteiger partial charge in [-0.05, 0) is 25.0 Å². The SMILES string of the molecule is CCCCCN1CC(=O)N2[C@@H](Cc3c([nH]c4ccccc34)[C@@H]2C)C1=O. The fraction of sp³-hybridized carbons (Fsp3) is 0.500. The van der Waals surface area contributed by atoms with Crippen LogP contribution in [0, 0.1) is 0 Å². The molecule has 3 heterocycles. The highest BCUT2D eigenvalue weighted by atomic mass is 16.2. The van der Waals surface area contributed by atoms with Gasteiger partial charge in [0.1, 0.15) is 6.04 Å². The molecule has 2 aliphatic rings. The number of nitrogens with zero attached hydrogens (tertiary/aromatic N) is 2. The van der Waals surface area contributed by atoms with Crippen molar-refractivity contribution < 1.29 is 9.59 Å². The van der Waals surface area contributed by atoms with Gasteiger partial charge in [-0.3, -0.25) is 9.59 Å². The van der Waals surface area contributed by atoms with E-state index in [-0.39, 0.29) is 30.4 Å². The summed E-state index contributed by atoms with van der Waals surface area (Å²) in [6.07, 6.45) is 3.78. The Balaban J connectivity index is 1.68. The molecule has 2 aliphatic heterocycles. The third-order valence-electron chi connectivity index (χ3n) is 5.66. The molecule has 25 heavy (non-hydrogen) atoms. The number of amides is 2. The van der Waals surface area contributed by atoms with Gasteiger partial charge in [0.05, 0.1) is 12.6 Å². The van der Waals surface area contributed by atoms with E-state index in [0.29, 0.717) is 13.0 Å². The van der Waals surface area contributed by atoms with Crippen molar-refractivity contribution in [3.63, 3.8) is 0 Å². The summed E-state index contributed by atoms with van der Waals surface area (Å²) in [4.78, 5) is 32.8. The monoisotopic (exact) mass is 339 g/mol. The van der Waals surface area contributed by atoms with Crippen molar-refractivity contribution in [2.75, 3.05) is 13.1 Å². The van der Waals surface area contributed by atoms with Crippen LogP contribution in [-0.2, 0) is 16.0 Å². The van der Waals surface area contributed by atoms with Crippen molar-refractivity contribution in [3.05, 3.63) is 35.5 Å². The number of rotatable bonds is 4. The molecule has 1 N–H and O–H groups in total. The van der Waals surface area contributed by atoms with Gasteiger partial charge in [0.15, 0.2) is 0 Å². The standard InChI is InChI=1S/C20H25N3O2/c1-3-4-7-10-22-12-18(24)23-13(2)19-15(11-17(23)20(22)25)14-8-5-6-9-16(14)21-19/h5-6,8-9,13,17,21H,3-4,7,10-12H2,1-2H3/t13-,17-/m0/s1. The molecule has 0 aliphatic carbocycles. The minimum absolute atomic E-state index is 0.0675. The van der Waals surface area contributed by atoms with Gasteiger partial charge in [-0.15, -0.1) is 0 Å². The molecule has 0 saturated carbocycles. The van der Waals surface area contributed by atoms with Crippen LogP contribution in [0.25, 0.3) is 10.9 Å². The molecule has 2 atom stereocenters. The van der Waals surface area contributed by atoms with E-state index in [1.807, 2.05) is 19.1 Å². The lowest BCUT2D eigenvalue weighted by molar-refractivity contribution is -0.159. The number of aromatic amines is 1. The average molecular weight is 339 g/mol. The predicted octanol–water partition coefficient (Wildman–Crippen LogP) is 3.01. The van der Waals surface area contributed by atoms with E-state index in [2.05, 4.69) is 24.0 Å². The number of aromatic nitrogens is 1. The number of carbonyl (C=O) groups excluding carboxylic acids is 2. The van der Waals surface area contributed by atoms with Crippen LogP contribution in [0.3, 0.4) is 0 Å². The number of nitrogens with one attached hydrogen (secondary N) is 1. The lowest BCUT2D eigenvalue weighted by atomic mass is 9.90. The van der Waals surface area contributed by atoms with Gasteiger partial charge < -0.3 is 14.8 Å². The van der Waals surface area contributed by atoms with Gasteiger partial charge in [0.25, 0.3) is 0 Å². The van der Waals surface area contributed by atoms with Crippen LogP contribution in [0.1, 0.15) is 50.4 Å². The van der Waals surface area contributed by atoms with Crippen LogP contribution in [-0.4, -0.2) is 45.7 Å². The smallest absolute Gasteiger partial charge is 0.246 e.